The Hall–Kier alpha value is -1.88. The monoisotopic (exact) mass is 347 g/mol. The molecule has 2 rings (SSSR count). The second-order valence-corrected chi connectivity index (χ2v) is 7.30. The molecule has 0 aliphatic rings. The highest BCUT2D eigenvalue weighted by atomic mass is 32.1. The first-order chi connectivity index (χ1) is 11.5. The molecule has 0 spiro atoms. The second kappa shape index (κ2) is 8.83. The molecule has 0 radical (unpaired) electrons. The van der Waals surface area contributed by atoms with Crippen LogP contribution in [0.15, 0.2) is 24.3 Å². The number of esters is 1. The summed E-state index contributed by atoms with van der Waals surface area (Å²) in [6.45, 7) is 8.81. The number of nitrogens with zero attached hydrogens (tertiary/aromatic N) is 1. The number of hydrogen-bond donors (Lipinski definition) is 0. The van der Waals surface area contributed by atoms with Crippen molar-refractivity contribution in [1.82, 2.24) is 4.98 Å². The van der Waals surface area contributed by atoms with Gasteiger partial charge in [0.05, 0.1) is 10.7 Å². The van der Waals surface area contributed by atoms with E-state index in [0.717, 1.165) is 29.3 Å². The molecule has 0 amide bonds. The first kappa shape index (κ1) is 18.5. The average Bonchev–Trinajstić information content (AvgIpc) is 2.91. The van der Waals surface area contributed by atoms with E-state index in [0.29, 0.717) is 17.4 Å². The Morgan fingerprint density at radius 1 is 1.29 bits per heavy atom. The predicted octanol–water partition coefficient (Wildman–Crippen LogP) is 4.45. The number of carbonyl (C=O) groups is 1. The molecule has 0 atom stereocenters. The Labute approximate surface area is 147 Å². The van der Waals surface area contributed by atoms with Gasteiger partial charge in [-0.2, -0.15) is 0 Å². The van der Waals surface area contributed by atoms with Crippen LogP contribution in [0.4, 0.5) is 0 Å². The first-order valence-corrected chi connectivity index (χ1v) is 9.16. The van der Waals surface area contributed by atoms with Gasteiger partial charge in [-0.3, -0.25) is 0 Å². The molecule has 0 unspecified atom stereocenters. The van der Waals surface area contributed by atoms with Crippen molar-refractivity contribution in [3.05, 3.63) is 45.4 Å². The van der Waals surface area contributed by atoms with E-state index in [1.165, 1.54) is 16.9 Å². The van der Waals surface area contributed by atoms with Gasteiger partial charge in [0, 0.05) is 0 Å². The van der Waals surface area contributed by atoms with Gasteiger partial charge in [0.2, 0.25) is 0 Å². The first-order valence-electron chi connectivity index (χ1n) is 8.34. The molecule has 1 aromatic heterocycles. The SMILES string of the molecule is CCc1cccc(OCCOC(=O)c2sc(C)nc2CC(C)C)c1. The molecule has 2 aromatic rings. The number of benzene rings is 1. The predicted molar refractivity (Wildman–Crippen MR) is 97.0 cm³/mol. The summed E-state index contributed by atoms with van der Waals surface area (Å²) in [7, 11) is 0. The van der Waals surface area contributed by atoms with E-state index in [1.807, 2.05) is 25.1 Å². The molecule has 0 saturated heterocycles. The molecule has 4 nitrogen and oxygen atoms in total. The maximum absolute atomic E-state index is 12.3. The summed E-state index contributed by atoms with van der Waals surface area (Å²) in [6, 6.07) is 7.96. The lowest BCUT2D eigenvalue weighted by Gasteiger charge is -2.09. The molecular formula is C19H25NO3S. The minimum Gasteiger partial charge on any atom is -0.490 e. The number of ether oxygens (including phenoxy) is 2. The van der Waals surface area contributed by atoms with Gasteiger partial charge >= 0.3 is 5.97 Å². The fourth-order valence-corrected chi connectivity index (χ4v) is 3.21. The lowest BCUT2D eigenvalue weighted by atomic mass is 10.1. The third-order valence-corrected chi connectivity index (χ3v) is 4.48. The summed E-state index contributed by atoms with van der Waals surface area (Å²) >= 11 is 1.40. The molecule has 0 saturated carbocycles. The van der Waals surface area contributed by atoms with Crippen molar-refractivity contribution in [3.63, 3.8) is 0 Å². The van der Waals surface area contributed by atoms with Gasteiger partial charge in [-0.1, -0.05) is 32.9 Å². The van der Waals surface area contributed by atoms with Gasteiger partial charge in [0.15, 0.2) is 0 Å². The minimum absolute atomic E-state index is 0.229. The summed E-state index contributed by atoms with van der Waals surface area (Å²) in [5.41, 5.74) is 2.07. The third kappa shape index (κ3) is 5.34. The zero-order valence-corrected chi connectivity index (χ0v) is 15.6. The van der Waals surface area contributed by atoms with Crippen molar-refractivity contribution in [2.24, 2.45) is 5.92 Å². The van der Waals surface area contributed by atoms with Crippen LogP contribution in [0.25, 0.3) is 0 Å². The maximum Gasteiger partial charge on any atom is 0.350 e. The van der Waals surface area contributed by atoms with Crippen molar-refractivity contribution >= 4 is 17.3 Å². The van der Waals surface area contributed by atoms with Crippen molar-refractivity contribution in [3.8, 4) is 5.75 Å². The molecule has 1 heterocycles. The summed E-state index contributed by atoms with van der Waals surface area (Å²) < 4.78 is 11.0. The van der Waals surface area contributed by atoms with Gasteiger partial charge in [0.25, 0.3) is 0 Å². The maximum atomic E-state index is 12.3. The van der Waals surface area contributed by atoms with Crippen LogP contribution in [0.1, 0.15) is 46.7 Å². The Morgan fingerprint density at radius 3 is 2.79 bits per heavy atom. The van der Waals surface area contributed by atoms with Crippen LogP contribution < -0.4 is 4.74 Å². The molecule has 1 aromatic carbocycles. The zero-order valence-electron chi connectivity index (χ0n) is 14.8. The van der Waals surface area contributed by atoms with E-state index in [4.69, 9.17) is 9.47 Å². The molecule has 24 heavy (non-hydrogen) atoms. The third-order valence-electron chi connectivity index (χ3n) is 3.48. The van der Waals surface area contributed by atoms with Gasteiger partial charge in [0.1, 0.15) is 23.8 Å². The van der Waals surface area contributed by atoms with Crippen LogP contribution in [-0.4, -0.2) is 24.2 Å². The summed E-state index contributed by atoms with van der Waals surface area (Å²) in [6.07, 6.45) is 1.75. The standard InChI is InChI=1S/C19H25NO3S/c1-5-15-7-6-8-16(12-15)22-9-10-23-19(21)18-17(11-13(2)3)20-14(4)24-18/h6-8,12-13H,5,9-11H2,1-4H3. The minimum atomic E-state index is -0.304. The van der Waals surface area contributed by atoms with Gasteiger partial charge in [-0.05, 0) is 43.4 Å². The Kier molecular flexibility index (Phi) is 6.79. The Bertz CT molecular complexity index is 679. The summed E-state index contributed by atoms with van der Waals surface area (Å²) in [5.74, 6) is 0.953. The van der Waals surface area contributed by atoms with E-state index in [9.17, 15) is 4.79 Å². The smallest absolute Gasteiger partial charge is 0.350 e. The summed E-state index contributed by atoms with van der Waals surface area (Å²) in [4.78, 5) is 17.3. The number of aromatic nitrogens is 1. The van der Waals surface area contributed by atoms with Crippen LogP contribution in [0.2, 0.25) is 0 Å². The largest absolute Gasteiger partial charge is 0.490 e. The van der Waals surface area contributed by atoms with Crippen LogP contribution in [0, 0.1) is 12.8 Å². The highest BCUT2D eigenvalue weighted by molar-refractivity contribution is 7.13. The van der Waals surface area contributed by atoms with E-state index in [2.05, 4.69) is 31.8 Å². The number of rotatable bonds is 8. The normalized spacial score (nSPS) is 10.9. The zero-order chi connectivity index (χ0) is 17.5. The molecule has 5 heteroatoms. The van der Waals surface area contributed by atoms with Crippen molar-refractivity contribution < 1.29 is 14.3 Å². The van der Waals surface area contributed by atoms with Crippen molar-refractivity contribution in [1.29, 1.82) is 0 Å². The lowest BCUT2D eigenvalue weighted by molar-refractivity contribution is 0.0454. The van der Waals surface area contributed by atoms with E-state index in [1.54, 1.807) is 0 Å². The molecule has 0 aliphatic heterocycles. The van der Waals surface area contributed by atoms with E-state index >= 15 is 0 Å². The fourth-order valence-electron chi connectivity index (χ4n) is 2.37. The van der Waals surface area contributed by atoms with Crippen LogP contribution in [0.3, 0.4) is 0 Å². The molecule has 0 N–H and O–H groups in total. The molecule has 0 aliphatic carbocycles. The topological polar surface area (TPSA) is 48.4 Å². The van der Waals surface area contributed by atoms with Gasteiger partial charge in [-0.25, -0.2) is 9.78 Å². The number of hydrogen-bond acceptors (Lipinski definition) is 5. The molecular weight excluding hydrogens is 322 g/mol. The molecule has 130 valence electrons. The number of carbonyl (C=O) groups excluding carboxylic acids is 1. The number of thiazole rings is 1. The van der Waals surface area contributed by atoms with Crippen LogP contribution >= 0.6 is 11.3 Å². The Balaban J connectivity index is 1.85. The molecule has 0 bridgehead atoms. The quantitative estimate of drug-likeness (QED) is 0.523. The summed E-state index contributed by atoms with van der Waals surface area (Å²) in [5, 5.41) is 0.894. The fraction of sp³-hybridized carbons (Fsp3) is 0.474. The van der Waals surface area contributed by atoms with E-state index in [-0.39, 0.29) is 12.6 Å². The van der Waals surface area contributed by atoms with Crippen molar-refractivity contribution in [2.45, 2.75) is 40.5 Å². The lowest BCUT2D eigenvalue weighted by Crippen LogP contribution is -2.13. The van der Waals surface area contributed by atoms with Crippen molar-refractivity contribution in [2.75, 3.05) is 13.2 Å². The Morgan fingerprint density at radius 2 is 2.08 bits per heavy atom. The van der Waals surface area contributed by atoms with Gasteiger partial charge < -0.3 is 9.47 Å². The van der Waals surface area contributed by atoms with Crippen LogP contribution in [0.5, 0.6) is 5.75 Å². The van der Waals surface area contributed by atoms with Gasteiger partial charge in [-0.15, -0.1) is 11.3 Å². The average molecular weight is 347 g/mol. The highest BCUT2D eigenvalue weighted by Crippen LogP contribution is 2.22. The van der Waals surface area contributed by atoms with Crippen LogP contribution in [-0.2, 0) is 17.6 Å². The highest BCUT2D eigenvalue weighted by Gasteiger charge is 2.18. The molecule has 0 fully saturated rings. The van der Waals surface area contributed by atoms with E-state index < -0.39 is 0 Å². The number of aryl methyl sites for hydroxylation is 2. The second-order valence-electron chi connectivity index (χ2n) is 6.09.